The first kappa shape index (κ1) is 19.9. The summed E-state index contributed by atoms with van der Waals surface area (Å²) in [5.41, 5.74) is 1.89. The van der Waals surface area contributed by atoms with E-state index < -0.39 is 10.0 Å². The molecule has 0 unspecified atom stereocenters. The topological polar surface area (TPSA) is 62.3 Å². The van der Waals surface area contributed by atoms with E-state index in [2.05, 4.69) is 21.5 Å². The highest BCUT2D eigenvalue weighted by atomic mass is 32.2. The Balaban J connectivity index is 1.61. The number of aryl methyl sites for hydroxylation is 2. The van der Waals surface area contributed by atoms with E-state index in [0.717, 1.165) is 35.8 Å². The molecule has 0 aliphatic carbocycles. The lowest BCUT2D eigenvalue weighted by atomic mass is 10.0. The molecule has 0 aromatic carbocycles. The van der Waals surface area contributed by atoms with E-state index in [0.29, 0.717) is 16.8 Å². The maximum Gasteiger partial charge on any atom is 0.250 e. The van der Waals surface area contributed by atoms with Crippen molar-refractivity contribution in [2.24, 2.45) is 0 Å². The molecule has 2 aromatic rings. The monoisotopic (exact) mass is 413 g/mol. The summed E-state index contributed by atoms with van der Waals surface area (Å²) in [7, 11) is -3.46. The second-order valence-electron chi connectivity index (χ2n) is 6.81. The molecule has 1 saturated heterocycles. The Morgan fingerprint density at radius 1 is 1.35 bits per heavy atom. The molecule has 0 radical (unpaired) electrons. The standard InChI is InChI=1S/C18H27N3O2S3/c1-4-16-7-5-6-9-21(16)10-8-19-26(22,23)17-11-15(12-24-17)18-20-13(2)14(3)25-18/h11-12,16,19H,4-10H2,1-3H3/t16-/m0/s1. The number of piperidine rings is 1. The van der Waals surface area contributed by atoms with Gasteiger partial charge in [0.1, 0.15) is 9.22 Å². The minimum absolute atomic E-state index is 0.365. The van der Waals surface area contributed by atoms with Crippen molar-refractivity contribution < 1.29 is 8.42 Å². The van der Waals surface area contributed by atoms with Gasteiger partial charge in [-0.3, -0.25) is 4.90 Å². The van der Waals surface area contributed by atoms with Gasteiger partial charge in [0.2, 0.25) is 10.0 Å². The third kappa shape index (κ3) is 4.54. The molecule has 3 rings (SSSR count). The van der Waals surface area contributed by atoms with Crippen LogP contribution < -0.4 is 4.72 Å². The van der Waals surface area contributed by atoms with Gasteiger partial charge in [-0.1, -0.05) is 13.3 Å². The van der Waals surface area contributed by atoms with Crippen LogP contribution in [0.4, 0.5) is 0 Å². The number of hydrogen-bond donors (Lipinski definition) is 1. The van der Waals surface area contributed by atoms with Crippen LogP contribution in [0, 0.1) is 13.8 Å². The maximum absolute atomic E-state index is 12.6. The number of thiazole rings is 1. The third-order valence-electron chi connectivity index (χ3n) is 5.03. The second kappa shape index (κ2) is 8.48. The largest absolute Gasteiger partial charge is 0.299 e. The van der Waals surface area contributed by atoms with Crippen LogP contribution in [0.1, 0.15) is 43.2 Å². The lowest BCUT2D eigenvalue weighted by Crippen LogP contribution is -2.43. The molecule has 8 heteroatoms. The lowest BCUT2D eigenvalue weighted by Gasteiger charge is -2.35. The number of likely N-dealkylation sites (tertiary alicyclic amines) is 1. The average molecular weight is 414 g/mol. The van der Waals surface area contributed by atoms with E-state index in [1.165, 1.54) is 35.5 Å². The fourth-order valence-electron chi connectivity index (χ4n) is 3.38. The van der Waals surface area contributed by atoms with Crippen molar-refractivity contribution in [3.05, 3.63) is 22.0 Å². The number of hydrogen-bond acceptors (Lipinski definition) is 6. The summed E-state index contributed by atoms with van der Waals surface area (Å²) in [6.45, 7) is 8.54. The van der Waals surface area contributed by atoms with Gasteiger partial charge in [0, 0.05) is 35.0 Å². The highest BCUT2D eigenvalue weighted by Crippen LogP contribution is 2.32. The number of nitrogens with one attached hydrogen (secondary N) is 1. The van der Waals surface area contributed by atoms with Crippen LogP contribution in [-0.4, -0.2) is 44.0 Å². The molecule has 0 spiro atoms. The van der Waals surface area contributed by atoms with Gasteiger partial charge < -0.3 is 0 Å². The summed E-state index contributed by atoms with van der Waals surface area (Å²) >= 11 is 2.86. The predicted molar refractivity (Wildman–Crippen MR) is 110 cm³/mol. The number of thiophene rings is 1. The smallest absolute Gasteiger partial charge is 0.250 e. The quantitative estimate of drug-likeness (QED) is 0.744. The predicted octanol–water partition coefficient (Wildman–Crippen LogP) is 4.03. The molecule has 5 nitrogen and oxygen atoms in total. The van der Waals surface area contributed by atoms with Gasteiger partial charge >= 0.3 is 0 Å². The van der Waals surface area contributed by atoms with E-state index in [4.69, 9.17) is 0 Å². The van der Waals surface area contributed by atoms with Gasteiger partial charge in [0.25, 0.3) is 0 Å². The Morgan fingerprint density at radius 2 is 2.15 bits per heavy atom. The summed E-state index contributed by atoms with van der Waals surface area (Å²) in [6, 6.07) is 2.33. The molecule has 2 aromatic heterocycles. The van der Waals surface area contributed by atoms with E-state index in [1.807, 2.05) is 19.2 Å². The minimum atomic E-state index is -3.46. The Kier molecular flexibility index (Phi) is 6.50. The van der Waals surface area contributed by atoms with Crippen molar-refractivity contribution >= 4 is 32.7 Å². The van der Waals surface area contributed by atoms with Gasteiger partial charge in [-0.15, -0.1) is 22.7 Å². The van der Waals surface area contributed by atoms with Crippen LogP contribution in [0.15, 0.2) is 15.7 Å². The van der Waals surface area contributed by atoms with Crippen LogP contribution in [0.25, 0.3) is 10.6 Å². The van der Waals surface area contributed by atoms with Crippen LogP contribution in [0.5, 0.6) is 0 Å². The van der Waals surface area contributed by atoms with Crippen molar-refractivity contribution in [3.63, 3.8) is 0 Å². The molecule has 1 atom stereocenters. The molecule has 0 bridgehead atoms. The van der Waals surface area contributed by atoms with E-state index in [-0.39, 0.29) is 0 Å². The van der Waals surface area contributed by atoms with Gasteiger partial charge in [0.05, 0.1) is 5.69 Å². The van der Waals surface area contributed by atoms with Gasteiger partial charge in [-0.25, -0.2) is 18.1 Å². The molecule has 1 aliphatic rings. The fraction of sp³-hybridized carbons (Fsp3) is 0.611. The van der Waals surface area contributed by atoms with Crippen LogP contribution in [0.2, 0.25) is 0 Å². The zero-order chi connectivity index (χ0) is 18.7. The number of nitrogens with zero attached hydrogens (tertiary/aromatic N) is 2. The van der Waals surface area contributed by atoms with E-state index in [9.17, 15) is 8.42 Å². The van der Waals surface area contributed by atoms with E-state index in [1.54, 1.807) is 17.4 Å². The Morgan fingerprint density at radius 3 is 2.85 bits per heavy atom. The highest BCUT2D eigenvalue weighted by molar-refractivity contribution is 7.91. The normalized spacial score (nSPS) is 19.1. The molecule has 1 aliphatic heterocycles. The molecular formula is C18H27N3O2S3. The molecule has 3 heterocycles. The van der Waals surface area contributed by atoms with E-state index >= 15 is 0 Å². The van der Waals surface area contributed by atoms with Crippen molar-refractivity contribution in [2.45, 2.75) is 56.7 Å². The highest BCUT2D eigenvalue weighted by Gasteiger charge is 2.22. The van der Waals surface area contributed by atoms with Crippen LogP contribution in [0.3, 0.4) is 0 Å². The number of rotatable bonds is 7. The SMILES string of the molecule is CC[C@H]1CCCCN1CCNS(=O)(=O)c1cc(-c2nc(C)c(C)s2)cs1. The van der Waals surface area contributed by atoms with Crippen LogP contribution in [-0.2, 0) is 10.0 Å². The summed E-state index contributed by atoms with van der Waals surface area (Å²) in [5, 5.41) is 2.76. The number of sulfonamides is 1. The maximum atomic E-state index is 12.6. The summed E-state index contributed by atoms with van der Waals surface area (Å²) < 4.78 is 28.3. The van der Waals surface area contributed by atoms with Crippen molar-refractivity contribution in [1.82, 2.24) is 14.6 Å². The summed E-state index contributed by atoms with van der Waals surface area (Å²) in [6.07, 6.45) is 4.86. The Bertz CT molecular complexity index is 822. The molecule has 26 heavy (non-hydrogen) atoms. The van der Waals surface area contributed by atoms with Crippen molar-refractivity contribution in [3.8, 4) is 10.6 Å². The fourth-order valence-corrected chi connectivity index (χ4v) is 6.58. The summed E-state index contributed by atoms with van der Waals surface area (Å²) in [4.78, 5) is 8.11. The zero-order valence-electron chi connectivity index (χ0n) is 15.6. The van der Waals surface area contributed by atoms with Crippen LogP contribution >= 0.6 is 22.7 Å². The first-order chi connectivity index (χ1) is 12.4. The van der Waals surface area contributed by atoms with Gasteiger partial charge in [-0.2, -0.15) is 0 Å². The number of aromatic nitrogens is 1. The molecule has 1 N–H and O–H groups in total. The van der Waals surface area contributed by atoms with Crippen molar-refractivity contribution in [2.75, 3.05) is 19.6 Å². The minimum Gasteiger partial charge on any atom is -0.299 e. The molecular weight excluding hydrogens is 386 g/mol. The Hall–Kier alpha value is -0.800. The first-order valence-electron chi connectivity index (χ1n) is 9.17. The molecule has 0 saturated carbocycles. The van der Waals surface area contributed by atoms with Gasteiger partial charge in [-0.05, 0) is 45.7 Å². The Labute approximate surface area is 164 Å². The lowest BCUT2D eigenvalue weighted by molar-refractivity contribution is 0.147. The zero-order valence-corrected chi connectivity index (χ0v) is 18.1. The molecule has 1 fully saturated rings. The average Bonchev–Trinajstić information content (AvgIpc) is 3.23. The third-order valence-corrected chi connectivity index (χ3v) is 9.05. The molecule has 0 amide bonds. The first-order valence-corrected chi connectivity index (χ1v) is 12.4. The van der Waals surface area contributed by atoms with Crippen molar-refractivity contribution in [1.29, 1.82) is 0 Å². The van der Waals surface area contributed by atoms with Gasteiger partial charge in [0.15, 0.2) is 0 Å². The molecule has 144 valence electrons. The second-order valence-corrected chi connectivity index (χ2v) is 10.9. The summed E-state index contributed by atoms with van der Waals surface area (Å²) in [5.74, 6) is 0.